The van der Waals surface area contributed by atoms with Crippen molar-refractivity contribution in [3.05, 3.63) is 41.4 Å². The number of aromatic amines is 1. The Labute approximate surface area is 104 Å². The minimum atomic E-state index is 0. The van der Waals surface area contributed by atoms with Crippen molar-refractivity contribution in [2.75, 3.05) is 5.73 Å². The number of nitrogens with one attached hydrogen (secondary N) is 1. The van der Waals surface area contributed by atoms with Crippen molar-refractivity contribution < 1.29 is 0 Å². The molecule has 16 heavy (non-hydrogen) atoms. The fourth-order valence-corrected chi connectivity index (χ4v) is 2.21. The highest BCUT2D eigenvalue weighted by Crippen LogP contribution is 2.31. The van der Waals surface area contributed by atoms with E-state index in [0.717, 1.165) is 32.5 Å². The van der Waals surface area contributed by atoms with Crippen molar-refractivity contribution in [1.29, 1.82) is 0 Å². The van der Waals surface area contributed by atoms with Crippen LogP contribution in [0.4, 0.5) is 5.69 Å². The number of H-pyrrole nitrogens is 1. The van der Waals surface area contributed by atoms with Gasteiger partial charge < -0.3 is 10.7 Å². The summed E-state index contributed by atoms with van der Waals surface area (Å²) in [5.41, 5.74) is 8.56. The zero-order valence-corrected chi connectivity index (χ0v) is 9.90. The lowest BCUT2D eigenvalue weighted by Crippen LogP contribution is -1.82. The highest BCUT2D eigenvalue weighted by atomic mass is 35.5. The van der Waals surface area contributed by atoms with Crippen LogP contribution in [-0.4, -0.2) is 4.98 Å². The first-order valence-corrected chi connectivity index (χ1v) is 5.09. The average Bonchev–Trinajstić information content (AvgIpc) is 2.56. The summed E-state index contributed by atoms with van der Waals surface area (Å²) in [6.07, 6.45) is 0. The summed E-state index contributed by atoms with van der Waals surface area (Å²) in [6.45, 7) is 0. The molecule has 0 saturated carbocycles. The van der Waals surface area contributed by atoms with Crippen molar-refractivity contribution >= 4 is 51.5 Å². The number of anilines is 1. The largest absolute Gasteiger partial charge is 0.399 e. The highest BCUT2D eigenvalue weighted by molar-refractivity contribution is 6.38. The molecule has 0 spiro atoms. The van der Waals surface area contributed by atoms with Crippen molar-refractivity contribution in [3.63, 3.8) is 0 Å². The first-order valence-electron chi connectivity index (χ1n) is 4.71. The maximum atomic E-state index is 6.17. The topological polar surface area (TPSA) is 41.8 Å². The van der Waals surface area contributed by atoms with Gasteiger partial charge in [0.05, 0.1) is 5.02 Å². The predicted octanol–water partition coefficient (Wildman–Crippen LogP) is 3.98. The monoisotopic (exact) mass is 252 g/mol. The van der Waals surface area contributed by atoms with Gasteiger partial charge in [-0.05, 0) is 24.3 Å². The number of fused-ring (bicyclic) bond motifs is 3. The zero-order chi connectivity index (χ0) is 10.4. The number of hydrogen-bond donors (Lipinski definition) is 2. The van der Waals surface area contributed by atoms with Gasteiger partial charge in [-0.3, -0.25) is 0 Å². The third kappa shape index (κ3) is 1.51. The normalized spacial score (nSPS) is 10.6. The first kappa shape index (κ1) is 11.1. The van der Waals surface area contributed by atoms with Crippen LogP contribution in [0.25, 0.3) is 21.8 Å². The van der Waals surface area contributed by atoms with Gasteiger partial charge in [-0.25, -0.2) is 0 Å². The lowest BCUT2D eigenvalue weighted by atomic mass is 10.1. The Balaban J connectivity index is 0.000000963. The van der Waals surface area contributed by atoms with Crippen molar-refractivity contribution in [1.82, 2.24) is 4.98 Å². The van der Waals surface area contributed by atoms with Crippen molar-refractivity contribution in [2.45, 2.75) is 0 Å². The fraction of sp³-hybridized carbons (Fsp3) is 0. The van der Waals surface area contributed by atoms with Gasteiger partial charge in [0.15, 0.2) is 0 Å². The van der Waals surface area contributed by atoms with Crippen LogP contribution in [0.2, 0.25) is 5.02 Å². The van der Waals surface area contributed by atoms with Gasteiger partial charge in [0, 0.05) is 27.5 Å². The van der Waals surface area contributed by atoms with E-state index in [0.29, 0.717) is 0 Å². The van der Waals surface area contributed by atoms with Crippen LogP contribution in [0.15, 0.2) is 36.4 Å². The molecule has 2 aromatic carbocycles. The van der Waals surface area contributed by atoms with Crippen LogP contribution < -0.4 is 5.73 Å². The molecule has 1 aromatic heterocycles. The summed E-state index contributed by atoms with van der Waals surface area (Å²) in [6, 6.07) is 11.6. The number of halogens is 2. The summed E-state index contributed by atoms with van der Waals surface area (Å²) in [5.74, 6) is 0. The molecular weight excluding hydrogens is 243 g/mol. The molecule has 2 nitrogen and oxygen atoms in total. The first-order chi connectivity index (χ1) is 7.25. The smallest absolute Gasteiger partial charge is 0.0506 e. The number of aromatic nitrogens is 1. The van der Waals surface area contributed by atoms with E-state index in [-0.39, 0.29) is 12.4 Å². The minimum Gasteiger partial charge on any atom is -0.399 e. The fourth-order valence-electron chi connectivity index (χ4n) is 1.93. The molecule has 3 N–H and O–H groups in total. The third-order valence-electron chi connectivity index (χ3n) is 2.60. The van der Waals surface area contributed by atoms with Gasteiger partial charge in [0.1, 0.15) is 0 Å². The van der Waals surface area contributed by atoms with E-state index in [1.807, 2.05) is 36.4 Å². The van der Waals surface area contributed by atoms with Gasteiger partial charge in [-0.2, -0.15) is 0 Å². The molecule has 3 rings (SSSR count). The minimum absolute atomic E-state index is 0. The van der Waals surface area contributed by atoms with Crippen LogP contribution in [0.3, 0.4) is 0 Å². The van der Waals surface area contributed by atoms with E-state index < -0.39 is 0 Å². The Kier molecular flexibility index (Phi) is 2.70. The molecule has 0 aliphatic rings. The molecule has 1 heterocycles. The van der Waals surface area contributed by atoms with Crippen molar-refractivity contribution in [2.24, 2.45) is 0 Å². The predicted molar refractivity (Wildman–Crippen MR) is 72.5 cm³/mol. The van der Waals surface area contributed by atoms with Crippen molar-refractivity contribution in [3.8, 4) is 0 Å². The van der Waals surface area contributed by atoms with Crippen LogP contribution in [-0.2, 0) is 0 Å². The third-order valence-corrected chi connectivity index (χ3v) is 2.91. The number of benzene rings is 2. The summed E-state index contributed by atoms with van der Waals surface area (Å²) in [7, 11) is 0. The number of rotatable bonds is 0. The molecule has 0 saturated heterocycles. The van der Waals surface area contributed by atoms with E-state index in [1.165, 1.54) is 0 Å². The SMILES string of the molecule is Cl.Nc1ccc2c(c1)[nH]c1cccc(Cl)c12. The van der Waals surface area contributed by atoms with Gasteiger partial charge >= 0.3 is 0 Å². The van der Waals surface area contributed by atoms with Crippen LogP contribution in [0.5, 0.6) is 0 Å². The summed E-state index contributed by atoms with van der Waals surface area (Å²) in [5, 5.41) is 2.95. The lowest BCUT2D eigenvalue weighted by Gasteiger charge is -1.94. The zero-order valence-electron chi connectivity index (χ0n) is 8.33. The Morgan fingerprint density at radius 1 is 1.06 bits per heavy atom. The lowest BCUT2D eigenvalue weighted by molar-refractivity contribution is 1.55. The van der Waals surface area contributed by atoms with E-state index >= 15 is 0 Å². The molecule has 82 valence electrons. The molecule has 0 bridgehead atoms. The number of hydrogen-bond acceptors (Lipinski definition) is 1. The highest BCUT2D eigenvalue weighted by Gasteiger charge is 2.06. The van der Waals surface area contributed by atoms with Crippen LogP contribution >= 0.6 is 24.0 Å². The second-order valence-corrected chi connectivity index (χ2v) is 4.00. The molecule has 0 unspecified atom stereocenters. The Morgan fingerprint density at radius 3 is 2.69 bits per heavy atom. The molecule has 3 aromatic rings. The molecule has 4 heteroatoms. The van der Waals surface area contributed by atoms with E-state index in [1.54, 1.807) is 0 Å². The van der Waals surface area contributed by atoms with E-state index in [9.17, 15) is 0 Å². The second-order valence-electron chi connectivity index (χ2n) is 3.59. The van der Waals surface area contributed by atoms with E-state index in [2.05, 4.69) is 4.98 Å². The molecule has 0 atom stereocenters. The van der Waals surface area contributed by atoms with Gasteiger partial charge in [-0.1, -0.05) is 23.7 Å². The number of nitrogen functional groups attached to an aromatic ring is 1. The molecule has 0 aliphatic heterocycles. The average molecular weight is 253 g/mol. The molecule has 0 radical (unpaired) electrons. The van der Waals surface area contributed by atoms with Gasteiger partial charge in [0.25, 0.3) is 0 Å². The second kappa shape index (κ2) is 3.89. The Hall–Kier alpha value is -1.38. The van der Waals surface area contributed by atoms with Crippen LogP contribution in [0, 0.1) is 0 Å². The summed E-state index contributed by atoms with van der Waals surface area (Å²) in [4.78, 5) is 3.30. The van der Waals surface area contributed by atoms with Crippen LogP contribution in [0.1, 0.15) is 0 Å². The number of nitrogens with two attached hydrogens (primary N) is 1. The maximum absolute atomic E-state index is 6.17. The Bertz CT molecular complexity index is 658. The molecule has 0 amide bonds. The molecular formula is C12H10Cl2N2. The van der Waals surface area contributed by atoms with E-state index in [4.69, 9.17) is 17.3 Å². The molecule has 0 fully saturated rings. The standard InChI is InChI=1S/C12H9ClN2.ClH/c13-9-2-1-3-10-12(9)8-5-4-7(14)6-11(8)15-10;/h1-6,15H,14H2;1H. The maximum Gasteiger partial charge on any atom is 0.0506 e. The van der Waals surface area contributed by atoms with Gasteiger partial charge in [0.2, 0.25) is 0 Å². The summed E-state index contributed by atoms with van der Waals surface area (Å²) < 4.78 is 0. The Morgan fingerprint density at radius 2 is 1.88 bits per heavy atom. The van der Waals surface area contributed by atoms with Gasteiger partial charge in [-0.15, -0.1) is 12.4 Å². The molecule has 0 aliphatic carbocycles. The summed E-state index contributed by atoms with van der Waals surface area (Å²) >= 11 is 6.17. The quantitative estimate of drug-likeness (QED) is 0.584.